The van der Waals surface area contributed by atoms with Gasteiger partial charge in [0.15, 0.2) is 5.79 Å². The predicted molar refractivity (Wildman–Crippen MR) is 117 cm³/mol. The molecule has 3 heteroatoms. The van der Waals surface area contributed by atoms with Gasteiger partial charge in [0.05, 0.1) is 12.9 Å². The summed E-state index contributed by atoms with van der Waals surface area (Å²) >= 11 is 0. The monoisotopic (exact) mass is 384 g/mol. The second-order valence-corrected chi connectivity index (χ2v) is 7.76. The summed E-state index contributed by atoms with van der Waals surface area (Å²) in [4.78, 5) is 0. The van der Waals surface area contributed by atoms with E-state index in [0.717, 1.165) is 51.9 Å². The topological polar surface area (TPSA) is 27.7 Å². The number of allylic oxidation sites excluding steroid dienone is 1. The second kappa shape index (κ2) is 18.8. The van der Waals surface area contributed by atoms with Crippen molar-refractivity contribution in [1.82, 2.24) is 0 Å². The Morgan fingerprint density at radius 1 is 0.704 bits per heavy atom. The zero-order valence-corrected chi connectivity index (χ0v) is 19.1. The number of hydrogen-bond acceptors (Lipinski definition) is 3. The minimum Gasteiger partial charge on any atom is -0.502 e. The van der Waals surface area contributed by atoms with Crippen molar-refractivity contribution < 1.29 is 14.2 Å². The van der Waals surface area contributed by atoms with Gasteiger partial charge in [0.1, 0.15) is 0 Å². The molecule has 0 N–H and O–H groups in total. The van der Waals surface area contributed by atoms with Gasteiger partial charge in [-0.3, -0.25) is 0 Å². The highest BCUT2D eigenvalue weighted by molar-refractivity contribution is 4.77. The molecule has 0 amide bonds. The van der Waals surface area contributed by atoms with Crippen molar-refractivity contribution in [2.45, 2.75) is 117 Å². The van der Waals surface area contributed by atoms with E-state index in [2.05, 4.69) is 40.7 Å². The highest BCUT2D eigenvalue weighted by Gasteiger charge is 2.35. The molecular formula is C24H48O3. The number of hydrogen-bond donors (Lipinski definition) is 0. The highest BCUT2D eigenvalue weighted by atomic mass is 16.7. The third-order valence-corrected chi connectivity index (χ3v) is 5.08. The Labute approximate surface area is 170 Å². The first-order valence-corrected chi connectivity index (χ1v) is 11.7. The molecule has 0 aromatic heterocycles. The molecule has 0 fully saturated rings. The van der Waals surface area contributed by atoms with Crippen LogP contribution in [0.25, 0.3) is 0 Å². The zero-order chi connectivity index (χ0) is 20.2. The SMILES string of the molecule is CCC=COCCCC(CCCCCCCC)C(C)(OCCC)OCCC. The molecule has 0 aromatic rings. The standard InChI is InChI=1S/C24H48O3/c1-6-10-12-13-14-15-17-23(18-16-22-25-21-11-7-2)24(5,26-19-8-3)27-20-9-4/h11,21,23H,6-10,12-20,22H2,1-5H3. The van der Waals surface area contributed by atoms with Gasteiger partial charge in [-0.25, -0.2) is 0 Å². The second-order valence-electron chi connectivity index (χ2n) is 7.76. The van der Waals surface area contributed by atoms with Gasteiger partial charge in [0.25, 0.3) is 0 Å². The van der Waals surface area contributed by atoms with Gasteiger partial charge in [-0.1, -0.05) is 72.3 Å². The zero-order valence-electron chi connectivity index (χ0n) is 19.1. The van der Waals surface area contributed by atoms with E-state index in [9.17, 15) is 0 Å². The lowest BCUT2D eigenvalue weighted by atomic mass is 9.88. The molecule has 0 aliphatic rings. The maximum Gasteiger partial charge on any atom is 0.168 e. The van der Waals surface area contributed by atoms with E-state index < -0.39 is 5.79 Å². The van der Waals surface area contributed by atoms with Crippen molar-refractivity contribution in [3.05, 3.63) is 12.3 Å². The molecule has 0 aromatic carbocycles. The lowest BCUT2D eigenvalue weighted by molar-refractivity contribution is -0.259. The van der Waals surface area contributed by atoms with Crippen LogP contribution in [-0.4, -0.2) is 25.6 Å². The van der Waals surface area contributed by atoms with Gasteiger partial charge in [0, 0.05) is 19.1 Å². The van der Waals surface area contributed by atoms with E-state index in [1.165, 1.54) is 44.9 Å². The summed E-state index contributed by atoms with van der Waals surface area (Å²) in [7, 11) is 0. The van der Waals surface area contributed by atoms with E-state index in [0.29, 0.717) is 5.92 Å². The minimum absolute atomic E-state index is 0.431. The van der Waals surface area contributed by atoms with Crippen LogP contribution in [0, 0.1) is 5.92 Å². The lowest BCUT2D eigenvalue weighted by Crippen LogP contribution is -2.41. The van der Waals surface area contributed by atoms with E-state index in [1.54, 1.807) is 0 Å². The van der Waals surface area contributed by atoms with E-state index in [4.69, 9.17) is 14.2 Å². The van der Waals surface area contributed by atoms with Crippen molar-refractivity contribution in [3.8, 4) is 0 Å². The van der Waals surface area contributed by atoms with Gasteiger partial charge in [-0.2, -0.15) is 0 Å². The average Bonchev–Trinajstić information content (AvgIpc) is 2.68. The molecule has 0 radical (unpaired) electrons. The van der Waals surface area contributed by atoms with Crippen LogP contribution >= 0.6 is 0 Å². The molecule has 0 aliphatic carbocycles. The quantitative estimate of drug-likeness (QED) is 0.123. The Balaban J connectivity index is 4.64. The van der Waals surface area contributed by atoms with Crippen molar-refractivity contribution >= 4 is 0 Å². The summed E-state index contributed by atoms with van der Waals surface area (Å²) in [5.41, 5.74) is 0. The number of rotatable bonds is 20. The molecule has 3 nitrogen and oxygen atoms in total. The van der Waals surface area contributed by atoms with E-state index >= 15 is 0 Å². The smallest absolute Gasteiger partial charge is 0.168 e. The summed E-state index contributed by atoms with van der Waals surface area (Å²) in [6, 6.07) is 0. The summed E-state index contributed by atoms with van der Waals surface area (Å²) in [6.45, 7) is 13.2. The molecule has 0 rings (SSSR count). The number of unbranched alkanes of at least 4 members (excludes halogenated alkanes) is 5. The third kappa shape index (κ3) is 14.2. The maximum absolute atomic E-state index is 6.26. The van der Waals surface area contributed by atoms with Crippen LogP contribution in [0.3, 0.4) is 0 Å². The van der Waals surface area contributed by atoms with Crippen LogP contribution in [0.4, 0.5) is 0 Å². The van der Waals surface area contributed by atoms with Gasteiger partial charge in [0.2, 0.25) is 0 Å². The molecule has 0 heterocycles. The number of ether oxygens (including phenoxy) is 3. The van der Waals surface area contributed by atoms with Crippen LogP contribution in [0.1, 0.15) is 112 Å². The molecular weight excluding hydrogens is 336 g/mol. The van der Waals surface area contributed by atoms with Crippen LogP contribution in [0.5, 0.6) is 0 Å². The van der Waals surface area contributed by atoms with Crippen LogP contribution in [-0.2, 0) is 14.2 Å². The average molecular weight is 385 g/mol. The van der Waals surface area contributed by atoms with E-state index in [-0.39, 0.29) is 0 Å². The minimum atomic E-state index is -0.464. The molecule has 27 heavy (non-hydrogen) atoms. The fraction of sp³-hybridized carbons (Fsp3) is 0.917. The van der Waals surface area contributed by atoms with E-state index in [1.807, 2.05) is 6.26 Å². The summed E-state index contributed by atoms with van der Waals surface area (Å²) in [5, 5.41) is 0. The first-order chi connectivity index (χ1) is 13.1. The van der Waals surface area contributed by atoms with Crippen molar-refractivity contribution in [2.24, 2.45) is 5.92 Å². The lowest BCUT2D eigenvalue weighted by Gasteiger charge is -2.38. The molecule has 1 unspecified atom stereocenters. The molecule has 0 saturated heterocycles. The molecule has 1 atom stereocenters. The van der Waals surface area contributed by atoms with Crippen molar-refractivity contribution in [2.75, 3.05) is 19.8 Å². The third-order valence-electron chi connectivity index (χ3n) is 5.08. The molecule has 0 bridgehead atoms. The Hall–Kier alpha value is -0.540. The fourth-order valence-corrected chi connectivity index (χ4v) is 3.37. The van der Waals surface area contributed by atoms with Gasteiger partial charge in [-0.15, -0.1) is 0 Å². The fourth-order valence-electron chi connectivity index (χ4n) is 3.37. The highest BCUT2D eigenvalue weighted by Crippen LogP contribution is 2.33. The van der Waals surface area contributed by atoms with Gasteiger partial charge >= 0.3 is 0 Å². The van der Waals surface area contributed by atoms with Gasteiger partial charge < -0.3 is 14.2 Å². The predicted octanol–water partition coefficient (Wildman–Crippen LogP) is 7.64. The first-order valence-electron chi connectivity index (χ1n) is 11.7. The molecule has 0 saturated carbocycles. The Morgan fingerprint density at radius 3 is 1.89 bits per heavy atom. The molecule has 0 aliphatic heterocycles. The molecule has 162 valence electrons. The van der Waals surface area contributed by atoms with Crippen molar-refractivity contribution in [1.29, 1.82) is 0 Å². The largest absolute Gasteiger partial charge is 0.502 e. The van der Waals surface area contributed by atoms with Crippen LogP contribution in [0.15, 0.2) is 12.3 Å². The summed E-state index contributed by atoms with van der Waals surface area (Å²) in [6.07, 6.45) is 18.3. The first kappa shape index (κ1) is 26.5. The van der Waals surface area contributed by atoms with Crippen LogP contribution < -0.4 is 0 Å². The summed E-state index contributed by atoms with van der Waals surface area (Å²) < 4.78 is 18.1. The van der Waals surface area contributed by atoms with Crippen LogP contribution in [0.2, 0.25) is 0 Å². The normalized spacial score (nSPS) is 13.4. The Bertz CT molecular complexity index is 320. The van der Waals surface area contributed by atoms with Gasteiger partial charge in [-0.05, 0) is 45.4 Å². The molecule has 0 spiro atoms. The maximum atomic E-state index is 6.26. The van der Waals surface area contributed by atoms with Crippen molar-refractivity contribution in [3.63, 3.8) is 0 Å². The Kier molecular flexibility index (Phi) is 18.4. The Morgan fingerprint density at radius 2 is 1.30 bits per heavy atom. The summed E-state index contributed by atoms with van der Waals surface area (Å²) in [5.74, 6) is -0.0325.